The quantitative estimate of drug-likeness (QED) is 0.0507. The minimum absolute atomic E-state index is 0.0101. The minimum Gasteiger partial charge on any atom is -0.476 e. The molecule has 3 unspecified atom stereocenters. The van der Waals surface area contributed by atoms with E-state index < -0.39 is 17.9 Å². The number of thiazole rings is 1. The predicted molar refractivity (Wildman–Crippen MR) is 324 cm³/mol. The second-order valence-electron chi connectivity index (χ2n) is 26.8. The molecule has 2 aromatic carbocycles. The van der Waals surface area contributed by atoms with Gasteiger partial charge in [0.2, 0.25) is 17.7 Å². The normalized spacial score (nSPS) is 25.5. The van der Waals surface area contributed by atoms with Crippen LogP contribution < -0.4 is 15.5 Å². The van der Waals surface area contributed by atoms with E-state index in [1.54, 1.807) is 16.2 Å². The van der Waals surface area contributed by atoms with Crippen LogP contribution in [0.1, 0.15) is 165 Å². The van der Waals surface area contributed by atoms with Crippen molar-refractivity contribution in [2.75, 3.05) is 56.6 Å². The van der Waals surface area contributed by atoms with Crippen molar-refractivity contribution in [3.63, 3.8) is 0 Å². The van der Waals surface area contributed by atoms with Crippen molar-refractivity contribution in [1.82, 2.24) is 50.0 Å². The molecule has 14 rings (SSSR count). The van der Waals surface area contributed by atoms with Gasteiger partial charge in [-0.2, -0.15) is 5.10 Å². The Bertz CT molecular complexity index is 3590. The molecule has 4 aliphatic carbocycles. The maximum atomic E-state index is 13.4. The molecule has 4 saturated carbocycles. The van der Waals surface area contributed by atoms with Crippen molar-refractivity contribution >= 4 is 73.7 Å². The molecule has 8 heterocycles. The summed E-state index contributed by atoms with van der Waals surface area (Å²) in [6.45, 7) is 14.7. The molecule has 4 aliphatic heterocycles. The number of amides is 4. The van der Waals surface area contributed by atoms with Gasteiger partial charge in [-0.15, -0.1) is 10.2 Å². The number of carbonyl (C=O) groups excluding carboxylic acids is 4. The average molecular weight is 1170 g/mol. The largest absolute Gasteiger partial charge is 0.476 e. The molecule has 8 aliphatic rings. The smallest absolute Gasteiger partial charge is 0.355 e. The number of likely N-dealkylation sites (tertiary alicyclic amines) is 1. The molecule has 4 amide bonds. The number of imide groups is 1. The molecular formula is C65H78N12O7S. The van der Waals surface area contributed by atoms with Crippen LogP contribution in [0.3, 0.4) is 0 Å². The van der Waals surface area contributed by atoms with Crippen molar-refractivity contribution in [3.8, 4) is 11.1 Å². The van der Waals surface area contributed by atoms with Crippen LogP contribution in [0.25, 0.3) is 21.3 Å². The summed E-state index contributed by atoms with van der Waals surface area (Å²) < 4.78 is 10.4. The maximum Gasteiger partial charge on any atom is 0.355 e. The van der Waals surface area contributed by atoms with Crippen LogP contribution >= 0.6 is 11.3 Å². The van der Waals surface area contributed by atoms with Crippen molar-refractivity contribution in [3.05, 3.63) is 100.0 Å². The van der Waals surface area contributed by atoms with Crippen LogP contribution in [0.15, 0.2) is 60.8 Å². The number of aromatic carboxylic acids is 1. The Labute approximate surface area is 500 Å². The van der Waals surface area contributed by atoms with Crippen molar-refractivity contribution in [2.45, 2.75) is 161 Å². The van der Waals surface area contributed by atoms with Crippen LogP contribution in [0.2, 0.25) is 0 Å². The van der Waals surface area contributed by atoms with Crippen molar-refractivity contribution in [1.29, 1.82) is 0 Å². The van der Waals surface area contributed by atoms with Gasteiger partial charge in [0.15, 0.2) is 22.5 Å². The molecular weight excluding hydrogens is 1090 g/mol. The standard InChI is InChI=1S/C65H78N12O7S/c1-40-45-12-11-25-75(57(45)72-71-56(40)70-61-67-49-13-8-9-14-51(49)85-61)52-20-18-47(55(68-52)60(82)83)48-31-66-77(41(48)2)39-64-34-62(3)33-63(4,35-64)37-65(36-62,38-64)84-29-28-73(5)24-10-6-7-15-54(79)74-26-22-42(23-27-74)43-16-17-46-44(30-43)32-76(59(46)81)50-19-21-53(78)69-58(50)80/h8-9,13-14,16-18,20,30-31,42,50H,6-7,10-12,15,19,21-29,32-39H2,1-5H3,(H,82,83)(H,67,70,71)(H,69,78,80). The summed E-state index contributed by atoms with van der Waals surface area (Å²) in [4.78, 5) is 81.5. The van der Waals surface area contributed by atoms with E-state index in [1.807, 2.05) is 65.4 Å². The zero-order chi connectivity index (χ0) is 59.0. The van der Waals surface area contributed by atoms with Gasteiger partial charge in [-0.05, 0) is 175 Å². The molecule has 3 N–H and O–H groups in total. The van der Waals surface area contributed by atoms with Gasteiger partial charge in [-0.25, -0.2) is 14.8 Å². The number of nitrogens with one attached hydrogen (secondary N) is 2. The fourth-order valence-electron chi connectivity index (χ4n) is 17.1. The number of ether oxygens (including phenoxy) is 1. The van der Waals surface area contributed by atoms with Gasteiger partial charge in [0, 0.05) is 85.6 Å². The first kappa shape index (κ1) is 56.9. The van der Waals surface area contributed by atoms with E-state index in [9.17, 15) is 29.1 Å². The summed E-state index contributed by atoms with van der Waals surface area (Å²) in [5.41, 5.74) is 8.01. The lowest BCUT2D eigenvalue weighted by molar-refractivity contribution is -0.248. The highest BCUT2D eigenvalue weighted by molar-refractivity contribution is 7.22. The van der Waals surface area contributed by atoms with Crippen molar-refractivity contribution in [2.24, 2.45) is 16.2 Å². The molecule has 19 nitrogen and oxygen atoms in total. The number of unbranched alkanes of at least 4 members (excludes halogenated alkanes) is 2. The highest BCUT2D eigenvalue weighted by Crippen LogP contribution is 2.72. The number of carboxylic acids is 1. The van der Waals surface area contributed by atoms with E-state index >= 15 is 0 Å². The summed E-state index contributed by atoms with van der Waals surface area (Å²) in [5, 5.41) is 31.6. The summed E-state index contributed by atoms with van der Waals surface area (Å²) in [6.07, 6.45) is 15.8. The molecule has 20 heteroatoms. The van der Waals surface area contributed by atoms with Crippen LogP contribution in [0.4, 0.5) is 22.6 Å². The lowest BCUT2D eigenvalue weighted by Gasteiger charge is -2.69. The molecule has 0 radical (unpaired) electrons. The lowest BCUT2D eigenvalue weighted by atomic mass is 9.39. The fraction of sp³-hybridized carbons (Fsp3) is 0.538. The number of hydrogen-bond acceptors (Lipinski definition) is 15. The van der Waals surface area contributed by atoms with Crippen LogP contribution in [-0.2, 0) is 38.6 Å². The number of fused-ring (bicyclic) bond motifs is 3. The number of piperidine rings is 2. The van der Waals surface area contributed by atoms with Gasteiger partial charge in [-0.3, -0.25) is 29.2 Å². The van der Waals surface area contributed by atoms with E-state index in [0.717, 1.165) is 153 Å². The summed E-state index contributed by atoms with van der Waals surface area (Å²) >= 11 is 1.57. The van der Waals surface area contributed by atoms with Crippen LogP contribution in [-0.4, -0.2) is 137 Å². The Morgan fingerprint density at radius 3 is 2.42 bits per heavy atom. The number of aromatic nitrogens is 6. The van der Waals surface area contributed by atoms with Crippen LogP contribution in [0, 0.1) is 30.1 Å². The number of carbonyl (C=O) groups is 5. The first-order chi connectivity index (χ1) is 40.8. The SMILES string of the molecule is Cc1c(Nc2nc3ccccc3s2)nnc2c1CCCN2c1ccc(-c2cnn(CC34CC5(C)CC(C)(C3)CC(OCCN(C)CCCCCC(=O)N3CCC(c6ccc7c(c6)CN(C6CCC(=O)NC6=O)C7=O)CC3)(C5)C4)c2C)c(C(=O)O)n1. The minimum atomic E-state index is -1.10. The van der Waals surface area contributed by atoms with E-state index in [-0.39, 0.29) is 51.7 Å². The van der Waals surface area contributed by atoms with Gasteiger partial charge in [0.25, 0.3) is 5.91 Å². The number of likely N-dealkylation sites (N-methyl/N-ethyl adjacent to an activating group) is 1. The van der Waals surface area contributed by atoms with Crippen LogP contribution in [0.5, 0.6) is 0 Å². The van der Waals surface area contributed by atoms with Gasteiger partial charge >= 0.3 is 5.97 Å². The van der Waals surface area contributed by atoms with E-state index in [2.05, 4.69) is 65.3 Å². The second kappa shape index (κ2) is 22.3. The first-order valence-electron chi connectivity index (χ1n) is 30.8. The Kier molecular flexibility index (Phi) is 14.9. The third-order valence-electron chi connectivity index (χ3n) is 20.0. The highest BCUT2D eigenvalue weighted by Gasteiger charge is 2.66. The molecule has 4 bridgehead atoms. The van der Waals surface area contributed by atoms with Crippen molar-refractivity contribution < 1.29 is 33.8 Å². The zero-order valence-electron chi connectivity index (χ0n) is 49.7. The number of anilines is 4. The number of rotatable bonds is 19. The van der Waals surface area contributed by atoms with E-state index in [4.69, 9.17) is 24.9 Å². The molecule has 85 heavy (non-hydrogen) atoms. The van der Waals surface area contributed by atoms with Gasteiger partial charge in [0.1, 0.15) is 11.9 Å². The summed E-state index contributed by atoms with van der Waals surface area (Å²) in [7, 11) is 2.18. The van der Waals surface area contributed by atoms with Gasteiger partial charge < -0.3 is 34.8 Å². The monoisotopic (exact) mass is 1170 g/mol. The molecule has 3 atom stereocenters. The Morgan fingerprint density at radius 2 is 1.65 bits per heavy atom. The second-order valence-corrected chi connectivity index (χ2v) is 27.8. The molecule has 0 spiro atoms. The molecule has 4 aromatic heterocycles. The molecule has 2 saturated heterocycles. The number of para-hydroxylation sites is 1. The molecule has 446 valence electrons. The predicted octanol–water partition coefficient (Wildman–Crippen LogP) is 10.3. The fourth-order valence-corrected chi connectivity index (χ4v) is 18.0. The molecule has 6 fully saturated rings. The average Bonchev–Trinajstić information content (AvgIpc) is 1.31. The van der Waals surface area contributed by atoms with E-state index in [1.165, 1.54) is 12.0 Å². The van der Waals surface area contributed by atoms with Gasteiger partial charge in [0.05, 0.1) is 28.6 Å². The first-order valence-corrected chi connectivity index (χ1v) is 31.6. The Hall–Kier alpha value is -7.16. The van der Waals surface area contributed by atoms with E-state index in [0.29, 0.717) is 67.0 Å². The summed E-state index contributed by atoms with van der Waals surface area (Å²) in [5.74, 6) is 0.454. The third-order valence-corrected chi connectivity index (χ3v) is 20.9. The van der Waals surface area contributed by atoms with Gasteiger partial charge in [-0.1, -0.05) is 55.9 Å². The number of nitrogens with zero attached hydrogens (tertiary/aromatic N) is 10. The zero-order valence-corrected chi connectivity index (χ0v) is 50.5. The molecule has 6 aromatic rings. The lowest BCUT2D eigenvalue weighted by Crippen LogP contribution is -2.64. The number of pyridine rings is 1. The number of benzene rings is 2. The highest BCUT2D eigenvalue weighted by atomic mass is 32.1. The number of hydrogen-bond donors (Lipinski definition) is 3. The Morgan fingerprint density at radius 1 is 0.859 bits per heavy atom. The third kappa shape index (κ3) is 11.1. The maximum absolute atomic E-state index is 13.4. The number of carboxylic acid groups (broad SMARTS) is 1. The topological polar surface area (TPSA) is 221 Å². The Balaban J connectivity index is 0.584. The summed E-state index contributed by atoms with van der Waals surface area (Å²) in [6, 6.07) is 17.2.